The number of amides is 2. The van der Waals surface area contributed by atoms with Crippen LogP contribution in [0, 0.1) is 18.7 Å². The van der Waals surface area contributed by atoms with Gasteiger partial charge in [-0.1, -0.05) is 18.2 Å². The highest BCUT2D eigenvalue weighted by Crippen LogP contribution is 2.31. The maximum Gasteiger partial charge on any atom is 0.260 e. The van der Waals surface area contributed by atoms with Gasteiger partial charge in [0, 0.05) is 24.3 Å². The lowest BCUT2D eigenvalue weighted by Crippen LogP contribution is -2.55. The third-order valence-corrected chi connectivity index (χ3v) is 6.80. The van der Waals surface area contributed by atoms with Gasteiger partial charge in [0.1, 0.15) is 5.01 Å². The van der Waals surface area contributed by atoms with Gasteiger partial charge in [0.25, 0.3) is 5.91 Å². The van der Waals surface area contributed by atoms with Crippen LogP contribution in [0.5, 0.6) is 5.75 Å². The first kappa shape index (κ1) is 22.0. The second kappa shape index (κ2) is 9.23. The Kier molecular flexibility index (Phi) is 5.98. The second-order valence-electron chi connectivity index (χ2n) is 8.27. The average molecular weight is 476 g/mol. The highest BCUT2D eigenvalue weighted by Gasteiger charge is 2.35. The first-order chi connectivity index (χ1) is 16.5. The van der Waals surface area contributed by atoms with E-state index in [-0.39, 0.29) is 30.1 Å². The summed E-state index contributed by atoms with van der Waals surface area (Å²) in [6, 6.07) is 19.7. The molecule has 2 heterocycles. The lowest BCUT2D eigenvalue weighted by molar-refractivity contribution is -0.143. The van der Waals surface area contributed by atoms with E-state index in [2.05, 4.69) is 24.4 Å². The summed E-state index contributed by atoms with van der Waals surface area (Å²) < 4.78 is 20.0. The first-order valence-corrected chi connectivity index (χ1v) is 11.7. The summed E-state index contributed by atoms with van der Waals surface area (Å²) in [6.45, 7) is 2.43. The Morgan fingerprint density at radius 3 is 2.65 bits per heavy atom. The second-order valence-corrected chi connectivity index (χ2v) is 9.30. The molecule has 5 rings (SSSR count). The van der Waals surface area contributed by atoms with E-state index < -0.39 is 5.82 Å². The fourth-order valence-electron chi connectivity index (χ4n) is 3.74. The molecule has 172 valence electrons. The summed E-state index contributed by atoms with van der Waals surface area (Å²) in [5.41, 5.74) is 3.87. The Labute approximate surface area is 200 Å². The van der Waals surface area contributed by atoms with Crippen molar-refractivity contribution in [1.82, 2.24) is 9.88 Å². The van der Waals surface area contributed by atoms with Crippen LogP contribution < -0.4 is 10.1 Å². The van der Waals surface area contributed by atoms with E-state index in [1.54, 1.807) is 23.5 Å². The summed E-state index contributed by atoms with van der Waals surface area (Å²) in [5, 5.41) is 3.84. The van der Waals surface area contributed by atoms with E-state index in [1.165, 1.54) is 22.6 Å². The van der Waals surface area contributed by atoms with E-state index in [1.807, 2.05) is 30.3 Å². The molecule has 34 heavy (non-hydrogen) atoms. The molecular weight excluding hydrogens is 453 g/mol. The van der Waals surface area contributed by atoms with E-state index >= 15 is 0 Å². The number of hydrogen-bond donors (Lipinski definition) is 1. The fourth-order valence-corrected chi connectivity index (χ4v) is 4.81. The summed E-state index contributed by atoms with van der Waals surface area (Å²) >= 11 is 1.64. The molecule has 1 aromatic heterocycles. The Hall–Kier alpha value is -3.78. The molecular formula is C26H22FN3O3S. The number of para-hydroxylation sites is 1. The number of anilines is 1. The summed E-state index contributed by atoms with van der Waals surface area (Å²) in [7, 11) is 0. The number of fused-ring (bicyclic) bond motifs is 1. The number of hydrogen-bond acceptors (Lipinski definition) is 5. The van der Waals surface area contributed by atoms with Crippen molar-refractivity contribution in [2.75, 3.05) is 25.0 Å². The van der Waals surface area contributed by atoms with Gasteiger partial charge in [-0.3, -0.25) is 9.59 Å². The van der Waals surface area contributed by atoms with Crippen molar-refractivity contribution in [3.8, 4) is 16.3 Å². The van der Waals surface area contributed by atoms with Crippen LogP contribution in [-0.2, 0) is 9.59 Å². The molecule has 8 heteroatoms. The molecule has 0 atom stereocenters. The van der Waals surface area contributed by atoms with Gasteiger partial charge in [-0.05, 0) is 61.0 Å². The summed E-state index contributed by atoms with van der Waals surface area (Å²) in [4.78, 5) is 31.0. The summed E-state index contributed by atoms with van der Waals surface area (Å²) in [5.74, 6) is -1.18. The fraction of sp³-hybridized carbons (Fsp3) is 0.192. The number of benzene rings is 3. The van der Waals surface area contributed by atoms with Crippen molar-refractivity contribution in [1.29, 1.82) is 0 Å². The van der Waals surface area contributed by atoms with E-state index in [0.717, 1.165) is 20.8 Å². The van der Waals surface area contributed by atoms with Crippen LogP contribution in [0.15, 0.2) is 66.7 Å². The van der Waals surface area contributed by atoms with Gasteiger partial charge in [0.15, 0.2) is 18.2 Å². The number of thiazole rings is 1. The monoisotopic (exact) mass is 475 g/mol. The highest BCUT2D eigenvalue weighted by atomic mass is 32.1. The molecule has 1 aliphatic heterocycles. The maximum absolute atomic E-state index is 13.6. The van der Waals surface area contributed by atoms with Crippen molar-refractivity contribution in [3.05, 3.63) is 78.1 Å². The van der Waals surface area contributed by atoms with Crippen LogP contribution >= 0.6 is 11.3 Å². The Bertz CT molecular complexity index is 1360. The van der Waals surface area contributed by atoms with E-state index in [4.69, 9.17) is 9.72 Å². The zero-order chi connectivity index (χ0) is 23.7. The van der Waals surface area contributed by atoms with Crippen molar-refractivity contribution >= 4 is 39.1 Å². The minimum Gasteiger partial charge on any atom is -0.481 e. The van der Waals surface area contributed by atoms with Crippen LogP contribution in [-0.4, -0.2) is 41.4 Å². The zero-order valence-corrected chi connectivity index (χ0v) is 19.3. The van der Waals surface area contributed by atoms with Gasteiger partial charge in [0.05, 0.1) is 16.1 Å². The first-order valence-electron chi connectivity index (χ1n) is 10.9. The Morgan fingerprint density at radius 1 is 1.12 bits per heavy atom. The maximum atomic E-state index is 13.6. The molecule has 0 bridgehead atoms. The number of halogens is 1. The molecule has 6 nitrogen and oxygen atoms in total. The molecule has 0 unspecified atom stereocenters. The molecule has 0 aliphatic carbocycles. The Morgan fingerprint density at radius 2 is 1.88 bits per heavy atom. The zero-order valence-electron chi connectivity index (χ0n) is 18.5. The predicted molar refractivity (Wildman–Crippen MR) is 130 cm³/mol. The van der Waals surface area contributed by atoms with Crippen LogP contribution in [0.25, 0.3) is 20.8 Å². The van der Waals surface area contributed by atoms with Crippen molar-refractivity contribution in [2.24, 2.45) is 5.92 Å². The summed E-state index contributed by atoms with van der Waals surface area (Å²) in [6.07, 6.45) is 0. The van der Waals surface area contributed by atoms with Gasteiger partial charge in [0.2, 0.25) is 5.91 Å². The van der Waals surface area contributed by atoms with Crippen LogP contribution in [0.1, 0.15) is 5.56 Å². The SMILES string of the molecule is Cc1ccc2nc(-c3ccc(NC(=O)C4CN(C(=O)COc5ccccc5F)C4)cc3)sc2c1. The van der Waals surface area contributed by atoms with Gasteiger partial charge < -0.3 is 15.0 Å². The van der Waals surface area contributed by atoms with Crippen LogP contribution in [0.2, 0.25) is 0 Å². The number of carbonyl (C=O) groups excluding carboxylic acids is 2. The van der Waals surface area contributed by atoms with Crippen molar-refractivity contribution in [3.63, 3.8) is 0 Å². The molecule has 0 saturated carbocycles. The smallest absolute Gasteiger partial charge is 0.260 e. The predicted octanol–water partition coefficient (Wildman–Crippen LogP) is 4.89. The van der Waals surface area contributed by atoms with Crippen molar-refractivity contribution in [2.45, 2.75) is 6.92 Å². The van der Waals surface area contributed by atoms with Gasteiger partial charge in [-0.2, -0.15) is 0 Å². The number of ether oxygens (including phenoxy) is 1. The molecule has 1 fully saturated rings. The molecule has 2 amide bonds. The number of aromatic nitrogens is 1. The molecule has 0 radical (unpaired) electrons. The number of likely N-dealkylation sites (tertiary alicyclic amines) is 1. The lowest BCUT2D eigenvalue weighted by atomic mass is 9.99. The number of nitrogens with zero attached hydrogens (tertiary/aromatic N) is 2. The molecule has 1 N–H and O–H groups in total. The van der Waals surface area contributed by atoms with Gasteiger partial charge >= 0.3 is 0 Å². The number of carbonyl (C=O) groups is 2. The van der Waals surface area contributed by atoms with Gasteiger partial charge in [-0.15, -0.1) is 11.3 Å². The standard InChI is InChI=1S/C26H22FN3O3S/c1-16-6-11-21-23(12-16)34-26(29-21)17-7-9-19(10-8-17)28-25(32)18-13-30(14-18)24(31)15-33-22-5-3-2-4-20(22)27/h2-12,18H,13-15H2,1H3,(H,28,32). The molecule has 0 spiro atoms. The molecule has 3 aromatic carbocycles. The minimum atomic E-state index is -0.514. The van der Waals surface area contributed by atoms with Crippen LogP contribution in [0.4, 0.5) is 10.1 Å². The van der Waals surface area contributed by atoms with E-state index in [9.17, 15) is 14.0 Å². The molecule has 4 aromatic rings. The largest absolute Gasteiger partial charge is 0.481 e. The lowest BCUT2D eigenvalue weighted by Gasteiger charge is -2.38. The number of aryl methyl sites for hydroxylation is 1. The minimum absolute atomic E-state index is 0.0371. The normalized spacial score (nSPS) is 13.5. The molecule has 1 saturated heterocycles. The van der Waals surface area contributed by atoms with Crippen molar-refractivity contribution < 1.29 is 18.7 Å². The third kappa shape index (κ3) is 4.63. The average Bonchev–Trinajstić information content (AvgIpc) is 3.21. The third-order valence-electron chi connectivity index (χ3n) is 5.74. The van der Waals surface area contributed by atoms with Gasteiger partial charge in [-0.25, -0.2) is 9.37 Å². The Balaban J connectivity index is 1.12. The van der Waals surface area contributed by atoms with Crippen LogP contribution in [0.3, 0.4) is 0 Å². The topological polar surface area (TPSA) is 71.5 Å². The number of nitrogens with one attached hydrogen (secondary N) is 1. The molecule has 1 aliphatic rings. The number of rotatable bonds is 6. The highest BCUT2D eigenvalue weighted by molar-refractivity contribution is 7.21. The van der Waals surface area contributed by atoms with E-state index in [0.29, 0.717) is 18.8 Å². The quantitative estimate of drug-likeness (QED) is 0.431.